The first kappa shape index (κ1) is 32.3. The fraction of sp³-hybridized carbons (Fsp3) is 0.0200. The highest BCUT2D eigenvalue weighted by Crippen LogP contribution is 2.39. The summed E-state index contributed by atoms with van der Waals surface area (Å²) >= 11 is 0. The normalized spacial score (nSPS) is 12.4. The highest BCUT2D eigenvalue weighted by molar-refractivity contribution is 6.19. The monoisotopic (exact) mass is 706 g/mol. The maximum Gasteiger partial charge on any atom is 0.161 e. The number of aliphatic imine (C=N–C) groups is 3. The van der Waals surface area contributed by atoms with E-state index >= 15 is 0 Å². The fourth-order valence-electron chi connectivity index (χ4n) is 7.80. The summed E-state index contributed by atoms with van der Waals surface area (Å²) in [7, 11) is 0. The Labute approximate surface area is 317 Å². The van der Waals surface area contributed by atoms with Crippen LogP contribution in [0.2, 0.25) is 0 Å². The van der Waals surface area contributed by atoms with Gasteiger partial charge in [-0.2, -0.15) is 0 Å². The van der Waals surface area contributed by atoms with Crippen molar-refractivity contribution in [3.63, 3.8) is 0 Å². The molecule has 260 valence electrons. The minimum absolute atomic E-state index is 0.480. The molecule has 0 radical (unpaired) electrons. The van der Waals surface area contributed by atoms with Gasteiger partial charge in [-0.1, -0.05) is 133 Å². The van der Waals surface area contributed by atoms with Crippen LogP contribution in [0.25, 0.3) is 71.3 Å². The van der Waals surface area contributed by atoms with E-state index in [1.54, 1.807) is 0 Å². The Morgan fingerprint density at radius 1 is 0.491 bits per heavy atom. The molecule has 0 fully saturated rings. The maximum atomic E-state index is 6.26. The number of amidine groups is 2. The van der Waals surface area contributed by atoms with Gasteiger partial charge in [0.05, 0.1) is 23.3 Å². The van der Waals surface area contributed by atoms with E-state index in [9.17, 15) is 0 Å². The molecule has 0 N–H and O–H groups in total. The molecule has 5 heteroatoms. The Kier molecular flexibility index (Phi) is 7.96. The lowest BCUT2D eigenvalue weighted by molar-refractivity contribution is 0.669. The van der Waals surface area contributed by atoms with Crippen LogP contribution in [-0.4, -0.2) is 23.0 Å². The van der Waals surface area contributed by atoms with Gasteiger partial charge in [0.2, 0.25) is 0 Å². The lowest BCUT2D eigenvalue weighted by atomic mass is 10.0. The number of nitrogens with zero attached hydrogens (tertiary/aromatic N) is 4. The van der Waals surface area contributed by atoms with E-state index in [0.29, 0.717) is 18.2 Å². The predicted octanol–water partition coefficient (Wildman–Crippen LogP) is 12.6. The third kappa shape index (κ3) is 5.70. The molecular formula is C50H34N4O. The number of aromatic nitrogens is 1. The predicted molar refractivity (Wildman–Crippen MR) is 230 cm³/mol. The van der Waals surface area contributed by atoms with Gasteiger partial charge in [-0.15, -0.1) is 0 Å². The Morgan fingerprint density at radius 2 is 1.13 bits per heavy atom. The zero-order chi connectivity index (χ0) is 36.7. The summed E-state index contributed by atoms with van der Waals surface area (Å²) in [5.41, 5.74) is 10.3. The van der Waals surface area contributed by atoms with Crippen LogP contribution in [0, 0.1) is 0 Å². The minimum Gasteiger partial charge on any atom is -0.456 e. The zero-order valence-corrected chi connectivity index (χ0v) is 29.9. The van der Waals surface area contributed by atoms with Gasteiger partial charge >= 0.3 is 0 Å². The molecule has 0 unspecified atom stereocenters. The number of rotatable bonds is 6. The fourth-order valence-corrected chi connectivity index (χ4v) is 7.80. The summed E-state index contributed by atoms with van der Waals surface area (Å²) in [6.07, 6.45) is 0. The van der Waals surface area contributed by atoms with Gasteiger partial charge in [0, 0.05) is 38.1 Å². The summed E-state index contributed by atoms with van der Waals surface area (Å²) in [4.78, 5) is 14.6. The van der Waals surface area contributed by atoms with Crippen molar-refractivity contribution in [2.75, 3.05) is 0 Å². The van der Waals surface area contributed by atoms with E-state index in [4.69, 9.17) is 14.4 Å². The molecule has 5 nitrogen and oxygen atoms in total. The zero-order valence-electron chi connectivity index (χ0n) is 29.9. The molecule has 0 amide bonds. The number of benzene rings is 8. The van der Waals surface area contributed by atoms with Crippen LogP contribution in [0.15, 0.2) is 201 Å². The molecule has 0 aliphatic heterocycles. The number of furan rings is 1. The van der Waals surface area contributed by atoms with Gasteiger partial charge in [0.25, 0.3) is 0 Å². The minimum atomic E-state index is 0.480. The van der Waals surface area contributed by atoms with Crippen LogP contribution in [0.4, 0.5) is 0 Å². The maximum absolute atomic E-state index is 6.26. The Bertz CT molecular complexity index is 3130. The van der Waals surface area contributed by atoms with E-state index in [1.807, 2.05) is 60.7 Å². The van der Waals surface area contributed by atoms with E-state index < -0.39 is 0 Å². The Hall–Kier alpha value is -7.37. The van der Waals surface area contributed by atoms with Crippen LogP contribution in [0.5, 0.6) is 0 Å². The van der Waals surface area contributed by atoms with Crippen LogP contribution in [0.1, 0.15) is 16.7 Å². The average molecular weight is 707 g/mol. The van der Waals surface area contributed by atoms with Gasteiger partial charge in [-0.3, -0.25) is 4.99 Å². The van der Waals surface area contributed by atoms with Crippen LogP contribution in [0.3, 0.4) is 0 Å². The van der Waals surface area contributed by atoms with E-state index in [2.05, 4.69) is 138 Å². The Balaban J connectivity index is 1.14. The lowest BCUT2D eigenvalue weighted by Crippen LogP contribution is -2.07. The van der Waals surface area contributed by atoms with Crippen molar-refractivity contribution in [1.82, 2.24) is 4.57 Å². The van der Waals surface area contributed by atoms with Gasteiger partial charge in [0.15, 0.2) is 11.7 Å². The van der Waals surface area contributed by atoms with Gasteiger partial charge in [-0.05, 0) is 77.3 Å². The van der Waals surface area contributed by atoms with E-state index in [-0.39, 0.29) is 0 Å². The second-order valence-electron chi connectivity index (χ2n) is 13.7. The summed E-state index contributed by atoms with van der Waals surface area (Å²) in [5, 5.41) is 6.78. The molecule has 55 heavy (non-hydrogen) atoms. The molecule has 0 saturated carbocycles. The molecule has 0 atom stereocenters. The molecule has 10 aromatic rings. The number of hydrogen-bond donors (Lipinski definition) is 0. The largest absolute Gasteiger partial charge is 0.456 e. The summed E-state index contributed by atoms with van der Waals surface area (Å²) in [6.45, 7) is 4.35. The average Bonchev–Trinajstić information content (AvgIpc) is 3.79. The topological polar surface area (TPSA) is 55.1 Å². The summed E-state index contributed by atoms with van der Waals surface area (Å²) < 4.78 is 8.64. The molecule has 0 bridgehead atoms. The SMILES string of the molecule is C=N/C(=N\C(=N/Cc1ccccc1)c1ccc(-n2c3ccccc3c3cc(-c4ccc5c(c4)oc4ccccc45)ccc32)c2ccccc12)c1ccccc1. The van der Waals surface area contributed by atoms with Crippen molar-refractivity contribution in [3.8, 4) is 16.8 Å². The van der Waals surface area contributed by atoms with Crippen LogP contribution in [-0.2, 0) is 6.54 Å². The third-order valence-corrected chi connectivity index (χ3v) is 10.4. The summed E-state index contributed by atoms with van der Waals surface area (Å²) in [6, 6.07) is 63.2. The first-order chi connectivity index (χ1) is 27.2. The molecule has 0 aliphatic carbocycles. The van der Waals surface area contributed by atoms with Crippen molar-refractivity contribution >= 4 is 72.9 Å². The van der Waals surface area contributed by atoms with Crippen LogP contribution >= 0.6 is 0 Å². The highest BCUT2D eigenvalue weighted by atomic mass is 16.3. The first-order valence-corrected chi connectivity index (χ1v) is 18.4. The standard InChI is InChI=1S/C50H34N4O/c1-51-49(34-16-6-3-7-17-34)53-50(52-32-33-14-4-2-5-15-33)42-27-29-45(38-19-9-8-18-37(38)42)54-44-22-12-10-20-39(44)43-30-35(25-28-46(43)54)36-24-26-41-40-21-11-13-23-47(40)55-48(41)31-36/h2-31H,1,32H2/b52-50-,53-49-. The highest BCUT2D eigenvalue weighted by Gasteiger charge is 2.18. The van der Waals surface area contributed by atoms with Crippen molar-refractivity contribution in [2.24, 2.45) is 15.0 Å². The van der Waals surface area contributed by atoms with Crippen LogP contribution < -0.4 is 0 Å². The van der Waals surface area contributed by atoms with E-state index in [1.165, 1.54) is 10.8 Å². The lowest BCUT2D eigenvalue weighted by Gasteiger charge is -2.15. The van der Waals surface area contributed by atoms with Crippen molar-refractivity contribution in [2.45, 2.75) is 6.54 Å². The summed E-state index contributed by atoms with van der Waals surface area (Å²) in [5.74, 6) is 1.13. The van der Waals surface area contributed by atoms with Crippen molar-refractivity contribution in [3.05, 3.63) is 199 Å². The second-order valence-corrected chi connectivity index (χ2v) is 13.7. The third-order valence-electron chi connectivity index (χ3n) is 10.4. The molecule has 2 heterocycles. The molecule has 10 rings (SSSR count). The molecular weight excluding hydrogens is 673 g/mol. The quantitative estimate of drug-likeness (QED) is 0.125. The van der Waals surface area contributed by atoms with E-state index in [0.717, 1.165) is 77.2 Å². The molecule has 2 aromatic heterocycles. The first-order valence-electron chi connectivity index (χ1n) is 18.4. The second kappa shape index (κ2) is 13.6. The van der Waals surface area contributed by atoms with Crippen molar-refractivity contribution < 1.29 is 4.42 Å². The molecule has 0 aliphatic rings. The molecule has 8 aromatic carbocycles. The molecule has 0 saturated heterocycles. The number of para-hydroxylation sites is 2. The van der Waals surface area contributed by atoms with Gasteiger partial charge in [0.1, 0.15) is 11.2 Å². The number of hydrogen-bond acceptors (Lipinski definition) is 2. The number of fused-ring (bicyclic) bond motifs is 7. The van der Waals surface area contributed by atoms with Gasteiger partial charge in [-0.25, -0.2) is 9.98 Å². The molecule has 0 spiro atoms. The smallest absolute Gasteiger partial charge is 0.161 e. The Morgan fingerprint density at radius 3 is 1.95 bits per heavy atom. The van der Waals surface area contributed by atoms with Gasteiger partial charge < -0.3 is 8.98 Å². The van der Waals surface area contributed by atoms with Crippen molar-refractivity contribution in [1.29, 1.82) is 0 Å².